The van der Waals surface area contributed by atoms with E-state index in [1.807, 2.05) is 36.4 Å². The van der Waals surface area contributed by atoms with Gasteiger partial charge >= 0.3 is 12.2 Å². The fourth-order valence-electron chi connectivity index (χ4n) is 4.30. The third-order valence-corrected chi connectivity index (χ3v) is 6.26. The number of nitrogens with one attached hydrogen (secondary N) is 3. The van der Waals surface area contributed by atoms with Crippen molar-refractivity contribution >= 4 is 18.1 Å². The maximum atomic E-state index is 13.2. The summed E-state index contributed by atoms with van der Waals surface area (Å²) in [6.07, 6.45) is 3.26. The molecule has 1 atom stereocenters. The number of benzene rings is 2. The third kappa shape index (κ3) is 15.7. The molecule has 2 rings (SSSR count). The molecule has 0 heterocycles. The van der Waals surface area contributed by atoms with E-state index in [0.29, 0.717) is 19.4 Å². The van der Waals surface area contributed by atoms with Crippen LogP contribution in [0.5, 0.6) is 0 Å². The van der Waals surface area contributed by atoms with Gasteiger partial charge in [-0.05, 0) is 91.2 Å². The first-order valence-electron chi connectivity index (χ1n) is 14.6. The van der Waals surface area contributed by atoms with E-state index in [-0.39, 0.29) is 24.4 Å². The molecule has 0 aliphatic heterocycles. The number of aryl methyl sites for hydroxylation is 2. The smallest absolute Gasteiger partial charge is 0.407 e. The summed E-state index contributed by atoms with van der Waals surface area (Å²) in [5.41, 5.74) is 1.17. The highest BCUT2D eigenvalue weighted by molar-refractivity contribution is 5.78. The van der Waals surface area contributed by atoms with Crippen molar-refractivity contribution in [1.82, 2.24) is 16.0 Å². The van der Waals surface area contributed by atoms with E-state index in [4.69, 9.17) is 9.47 Å². The van der Waals surface area contributed by atoms with Gasteiger partial charge in [0.1, 0.15) is 11.2 Å². The number of hydrogen-bond acceptors (Lipinski definition) is 5. The molecule has 0 radical (unpaired) electrons. The largest absolute Gasteiger partial charge is 0.444 e. The van der Waals surface area contributed by atoms with Gasteiger partial charge in [0.05, 0.1) is 0 Å². The molecule has 0 saturated carbocycles. The fraction of sp³-hybridized carbons (Fsp3) is 0.545. The van der Waals surface area contributed by atoms with E-state index in [1.54, 1.807) is 41.5 Å². The van der Waals surface area contributed by atoms with Crippen LogP contribution < -0.4 is 16.0 Å². The number of carbonyl (C=O) groups excluding carboxylic acids is 3. The Balaban J connectivity index is 1.92. The number of hydrogen-bond donors (Lipinski definition) is 3. The average Bonchev–Trinajstić information content (AvgIpc) is 2.88. The van der Waals surface area contributed by atoms with Crippen molar-refractivity contribution in [3.63, 3.8) is 0 Å². The summed E-state index contributed by atoms with van der Waals surface area (Å²) in [4.78, 5) is 37.8. The van der Waals surface area contributed by atoms with Crippen molar-refractivity contribution in [2.45, 2.75) is 97.3 Å². The van der Waals surface area contributed by atoms with Gasteiger partial charge in [-0.1, -0.05) is 60.7 Å². The van der Waals surface area contributed by atoms with Gasteiger partial charge in [-0.3, -0.25) is 4.79 Å². The van der Waals surface area contributed by atoms with Crippen molar-refractivity contribution in [3.8, 4) is 0 Å². The van der Waals surface area contributed by atoms with Gasteiger partial charge in [0.15, 0.2) is 0 Å². The Labute approximate surface area is 246 Å². The van der Waals surface area contributed by atoms with Gasteiger partial charge in [0.25, 0.3) is 0 Å². The lowest BCUT2D eigenvalue weighted by molar-refractivity contribution is -0.125. The molecule has 8 nitrogen and oxygen atoms in total. The highest BCUT2D eigenvalue weighted by atomic mass is 16.6. The summed E-state index contributed by atoms with van der Waals surface area (Å²) in [5.74, 6) is -0.0691. The predicted octanol–water partition coefficient (Wildman–Crippen LogP) is 6.18. The average molecular weight is 568 g/mol. The molecule has 41 heavy (non-hydrogen) atoms. The molecule has 0 aliphatic rings. The van der Waals surface area contributed by atoms with Crippen molar-refractivity contribution in [3.05, 3.63) is 71.8 Å². The van der Waals surface area contributed by atoms with Gasteiger partial charge in [-0.15, -0.1) is 0 Å². The van der Waals surface area contributed by atoms with Crippen molar-refractivity contribution in [1.29, 1.82) is 0 Å². The van der Waals surface area contributed by atoms with Crippen LogP contribution in [0.1, 0.15) is 78.4 Å². The van der Waals surface area contributed by atoms with Crippen molar-refractivity contribution in [2.24, 2.45) is 5.92 Å². The fourth-order valence-corrected chi connectivity index (χ4v) is 4.30. The Kier molecular flexibility index (Phi) is 13.7. The molecule has 8 heteroatoms. The van der Waals surface area contributed by atoms with Gasteiger partial charge < -0.3 is 25.4 Å². The number of rotatable bonds is 14. The lowest BCUT2D eigenvalue weighted by atomic mass is 9.92. The van der Waals surface area contributed by atoms with Crippen LogP contribution in [0.4, 0.5) is 9.59 Å². The van der Waals surface area contributed by atoms with E-state index in [1.165, 1.54) is 11.1 Å². The topological polar surface area (TPSA) is 106 Å². The minimum atomic E-state index is -0.643. The Hall–Kier alpha value is -3.55. The maximum absolute atomic E-state index is 13.2. The molecule has 0 saturated heterocycles. The van der Waals surface area contributed by atoms with Gasteiger partial charge in [-0.2, -0.15) is 0 Å². The zero-order valence-electron chi connectivity index (χ0n) is 25.6. The number of carbonyl (C=O) groups is 3. The van der Waals surface area contributed by atoms with Crippen LogP contribution in [-0.4, -0.2) is 48.4 Å². The van der Waals surface area contributed by atoms with Crippen molar-refractivity contribution < 1.29 is 23.9 Å². The van der Waals surface area contributed by atoms with E-state index < -0.39 is 23.4 Å². The van der Waals surface area contributed by atoms with Gasteiger partial charge in [0, 0.05) is 25.0 Å². The van der Waals surface area contributed by atoms with E-state index in [0.717, 1.165) is 25.7 Å². The first kappa shape index (κ1) is 33.7. The summed E-state index contributed by atoms with van der Waals surface area (Å²) in [5, 5.41) is 8.66. The molecule has 0 unspecified atom stereocenters. The number of amides is 3. The van der Waals surface area contributed by atoms with E-state index >= 15 is 0 Å². The summed E-state index contributed by atoms with van der Waals surface area (Å²) >= 11 is 0. The van der Waals surface area contributed by atoms with Gasteiger partial charge in [-0.25, -0.2) is 9.59 Å². The Morgan fingerprint density at radius 3 is 1.66 bits per heavy atom. The van der Waals surface area contributed by atoms with Crippen LogP contribution in [0.25, 0.3) is 0 Å². The second kappa shape index (κ2) is 16.7. The molecule has 0 fully saturated rings. The van der Waals surface area contributed by atoms with E-state index in [9.17, 15) is 14.4 Å². The SMILES string of the molecule is CC(C)(C)OC(=O)NC[C@H](CCCNC(=O)C(CCc1ccccc1)CCc1ccccc1)NC(=O)OC(C)(C)C. The van der Waals surface area contributed by atoms with Crippen LogP contribution in [0.15, 0.2) is 60.7 Å². The lowest BCUT2D eigenvalue weighted by Gasteiger charge is -2.25. The highest BCUT2D eigenvalue weighted by Crippen LogP contribution is 2.17. The Morgan fingerprint density at radius 2 is 1.17 bits per heavy atom. The monoisotopic (exact) mass is 567 g/mol. The summed E-state index contributed by atoms with van der Waals surface area (Å²) in [6, 6.07) is 20.1. The Bertz CT molecular complexity index is 1020. The van der Waals surface area contributed by atoms with Crippen LogP contribution in [0.3, 0.4) is 0 Å². The second-order valence-corrected chi connectivity index (χ2v) is 12.4. The normalized spacial score (nSPS) is 12.4. The van der Waals surface area contributed by atoms with Crippen LogP contribution in [-0.2, 0) is 27.1 Å². The standard InChI is InChI=1S/C33H49N3O5/c1-32(2,3)40-30(38)35-24-28(36-31(39)41-33(4,5)6)18-13-23-34-29(37)27(21-19-25-14-9-7-10-15-25)22-20-26-16-11-8-12-17-26/h7-12,14-17,27-28H,13,18-24H2,1-6H3,(H,34,37)(H,35,38)(H,36,39)/t28-/m0/s1. The quantitative estimate of drug-likeness (QED) is 0.236. The highest BCUT2D eigenvalue weighted by Gasteiger charge is 2.22. The minimum Gasteiger partial charge on any atom is -0.444 e. The lowest BCUT2D eigenvalue weighted by Crippen LogP contribution is -2.46. The first-order chi connectivity index (χ1) is 19.3. The maximum Gasteiger partial charge on any atom is 0.407 e. The Morgan fingerprint density at radius 1 is 0.683 bits per heavy atom. The molecular formula is C33H49N3O5. The summed E-state index contributed by atoms with van der Waals surface area (Å²) < 4.78 is 10.7. The molecule has 3 N–H and O–H groups in total. The van der Waals surface area contributed by atoms with Crippen LogP contribution >= 0.6 is 0 Å². The number of ether oxygens (including phenoxy) is 2. The zero-order valence-corrected chi connectivity index (χ0v) is 25.6. The molecule has 0 aliphatic carbocycles. The molecule has 0 spiro atoms. The zero-order chi connectivity index (χ0) is 30.3. The van der Waals surface area contributed by atoms with Crippen LogP contribution in [0.2, 0.25) is 0 Å². The second-order valence-electron chi connectivity index (χ2n) is 12.4. The molecule has 0 bridgehead atoms. The molecular weight excluding hydrogens is 518 g/mol. The number of alkyl carbamates (subject to hydrolysis) is 2. The molecule has 2 aromatic rings. The molecule has 2 aromatic carbocycles. The predicted molar refractivity (Wildman–Crippen MR) is 163 cm³/mol. The summed E-state index contributed by atoms with van der Waals surface area (Å²) in [6.45, 7) is 11.4. The third-order valence-electron chi connectivity index (χ3n) is 6.26. The molecule has 3 amide bonds. The minimum absolute atomic E-state index is 0.0420. The first-order valence-corrected chi connectivity index (χ1v) is 14.6. The molecule has 0 aromatic heterocycles. The van der Waals surface area contributed by atoms with Gasteiger partial charge in [0.2, 0.25) is 5.91 Å². The van der Waals surface area contributed by atoms with Crippen molar-refractivity contribution in [2.75, 3.05) is 13.1 Å². The van der Waals surface area contributed by atoms with Crippen LogP contribution in [0, 0.1) is 5.92 Å². The molecule has 226 valence electrons. The van der Waals surface area contributed by atoms with E-state index in [2.05, 4.69) is 40.2 Å². The summed E-state index contributed by atoms with van der Waals surface area (Å²) in [7, 11) is 0.